The Bertz CT molecular complexity index is 383. The van der Waals surface area contributed by atoms with Crippen LogP contribution in [-0.2, 0) is 9.59 Å². The first-order valence-electron chi connectivity index (χ1n) is 7.89. The van der Waals surface area contributed by atoms with Crippen LogP contribution in [0.4, 0.5) is 0 Å². The molecular formula is C15H26N2O3S. The van der Waals surface area contributed by atoms with E-state index in [2.05, 4.69) is 5.32 Å². The first-order valence-corrected chi connectivity index (χ1v) is 8.94. The Balaban J connectivity index is 1.94. The lowest BCUT2D eigenvalue weighted by atomic mass is 10.00. The Kier molecular flexibility index (Phi) is 5.93. The van der Waals surface area contributed by atoms with Crippen molar-refractivity contribution in [1.29, 1.82) is 0 Å². The predicted molar refractivity (Wildman–Crippen MR) is 84.2 cm³/mol. The molecule has 2 N–H and O–H groups in total. The van der Waals surface area contributed by atoms with E-state index in [0.29, 0.717) is 18.2 Å². The second kappa shape index (κ2) is 7.49. The van der Waals surface area contributed by atoms with Gasteiger partial charge in [-0.05, 0) is 31.7 Å². The molecule has 0 radical (unpaired) electrons. The van der Waals surface area contributed by atoms with Crippen molar-refractivity contribution in [2.45, 2.75) is 63.4 Å². The predicted octanol–water partition coefficient (Wildman–Crippen LogP) is 1.92. The van der Waals surface area contributed by atoms with Crippen LogP contribution in [-0.4, -0.2) is 51.6 Å². The van der Waals surface area contributed by atoms with E-state index in [9.17, 15) is 14.7 Å². The van der Waals surface area contributed by atoms with E-state index in [-0.39, 0.29) is 17.2 Å². The van der Waals surface area contributed by atoms with Crippen molar-refractivity contribution in [1.82, 2.24) is 10.2 Å². The smallest absolute Gasteiger partial charge is 0.327 e. The number of carbonyl (C=O) groups excluding carboxylic acids is 1. The van der Waals surface area contributed by atoms with Crippen LogP contribution in [0.25, 0.3) is 0 Å². The van der Waals surface area contributed by atoms with Gasteiger partial charge in [0.15, 0.2) is 0 Å². The van der Waals surface area contributed by atoms with Crippen LogP contribution in [0.3, 0.4) is 0 Å². The topological polar surface area (TPSA) is 69.6 Å². The lowest BCUT2D eigenvalue weighted by Crippen LogP contribution is -2.47. The van der Waals surface area contributed by atoms with Crippen molar-refractivity contribution in [3.8, 4) is 0 Å². The minimum absolute atomic E-state index is 0.00141. The van der Waals surface area contributed by atoms with E-state index < -0.39 is 12.0 Å². The normalized spacial score (nSPS) is 29.9. The van der Waals surface area contributed by atoms with Crippen LogP contribution in [0.5, 0.6) is 0 Å². The van der Waals surface area contributed by atoms with Crippen molar-refractivity contribution >= 4 is 23.6 Å². The number of piperidine rings is 1. The molecule has 21 heavy (non-hydrogen) atoms. The Morgan fingerprint density at radius 3 is 2.71 bits per heavy atom. The van der Waals surface area contributed by atoms with Gasteiger partial charge in [0.1, 0.15) is 6.04 Å². The quantitative estimate of drug-likeness (QED) is 0.811. The Hall–Kier alpha value is -0.750. The highest BCUT2D eigenvalue weighted by Gasteiger charge is 2.42. The summed E-state index contributed by atoms with van der Waals surface area (Å²) in [4.78, 5) is 25.5. The Morgan fingerprint density at radius 1 is 1.38 bits per heavy atom. The lowest BCUT2D eigenvalue weighted by Gasteiger charge is -2.31. The fraction of sp³-hybridized carbons (Fsp3) is 0.867. The largest absolute Gasteiger partial charge is 0.480 e. The van der Waals surface area contributed by atoms with Gasteiger partial charge in [-0.15, -0.1) is 11.8 Å². The lowest BCUT2D eigenvalue weighted by molar-refractivity contribution is -0.149. The summed E-state index contributed by atoms with van der Waals surface area (Å²) in [5, 5.41) is 12.8. The second-order valence-electron chi connectivity index (χ2n) is 6.31. The summed E-state index contributed by atoms with van der Waals surface area (Å²) < 4.78 is 0. The number of carbonyl (C=O) groups is 2. The SMILES string of the molecule is CC(C)C1SCC(C(=O)O)N1C(=O)CCC1CCCCN1. The summed E-state index contributed by atoms with van der Waals surface area (Å²) in [5.74, 6) is -0.102. The molecule has 2 aliphatic heterocycles. The number of carboxylic acid groups (broad SMARTS) is 1. The summed E-state index contributed by atoms with van der Waals surface area (Å²) >= 11 is 1.59. The standard InChI is InChI=1S/C15H26N2O3S/c1-10(2)14-17(12(9-21-14)15(19)20)13(18)7-6-11-5-3-4-8-16-11/h10-12,14,16H,3-9H2,1-2H3,(H,19,20). The molecule has 2 aliphatic rings. The second-order valence-corrected chi connectivity index (χ2v) is 7.46. The summed E-state index contributed by atoms with van der Waals surface area (Å²) in [6, 6.07) is -0.243. The van der Waals surface area contributed by atoms with Crippen molar-refractivity contribution in [2.75, 3.05) is 12.3 Å². The van der Waals surface area contributed by atoms with Gasteiger partial charge in [-0.25, -0.2) is 4.79 Å². The number of amides is 1. The zero-order valence-corrected chi connectivity index (χ0v) is 13.7. The maximum absolute atomic E-state index is 12.5. The number of aliphatic carboxylic acids is 1. The number of carboxylic acids is 1. The average Bonchev–Trinajstić information content (AvgIpc) is 2.91. The van der Waals surface area contributed by atoms with E-state index in [1.807, 2.05) is 13.8 Å². The average molecular weight is 314 g/mol. The molecule has 0 aromatic rings. The summed E-state index contributed by atoms with van der Waals surface area (Å²) in [6.45, 7) is 5.13. The van der Waals surface area contributed by atoms with Crippen LogP contribution in [0.15, 0.2) is 0 Å². The molecule has 0 saturated carbocycles. The molecule has 0 spiro atoms. The molecule has 2 heterocycles. The molecule has 0 bridgehead atoms. The van der Waals surface area contributed by atoms with Crippen LogP contribution in [0.1, 0.15) is 46.0 Å². The van der Waals surface area contributed by atoms with Crippen molar-refractivity contribution in [2.24, 2.45) is 5.92 Å². The highest BCUT2D eigenvalue weighted by atomic mass is 32.2. The van der Waals surface area contributed by atoms with Crippen molar-refractivity contribution < 1.29 is 14.7 Å². The molecule has 0 aromatic carbocycles. The number of rotatable bonds is 5. The maximum atomic E-state index is 12.5. The highest BCUT2D eigenvalue weighted by molar-refractivity contribution is 8.00. The zero-order chi connectivity index (χ0) is 15.4. The molecular weight excluding hydrogens is 288 g/mol. The number of nitrogens with one attached hydrogen (secondary N) is 1. The van der Waals surface area contributed by atoms with E-state index in [1.165, 1.54) is 12.8 Å². The third-order valence-electron chi connectivity index (χ3n) is 4.30. The first-order chi connectivity index (χ1) is 10.0. The molecule has 2 fully saturated rings. The molecule has 0 aromatic heterocycles. The van der Waals surface area contributed by atoms with Gasteiger partial charge in [0.25, 0.3) is 0 Å². The number of hydrogen-bond donors (Lipinski definition) is 2. The van der Waals surface area contributed by atoms with Gasteiger partial charge in [-0.1, -0.05) is 20.3 Å². The van der Waals surface area contributed by atoms with Gasteiger partial charge in [-0.2, -0.15) is 0 Å². The first kappa shape index (κ1) is 16.6. The molecule has 0 aliphatic carbocycles. The molecule has 2 saturated heterocycles. The van der Waals surface area contributed by atoms with Gasteiger partial charge in [0.2, 0.25) is 5.91 Å². The molecule has 120 valence electrons. The van der Waals surface area contributed by atoms with Gasteiger partial charge in [0.05, 0.1) is 5.37 Å². The van der Waals surface area contributed by atoms with Gasteiger partial charge >= 0.3 is 5.97 Å². The minimum Gasteiger partial charge on any atom is -0.480 e. The van der Waals surface area contributed by atoms with Crippen LogP contribution in [0.2, 0.25) is 0 Å². The van der Waals surface area contributed by atoms with E-state index in [1.54, 1.807) is 16.7 Å². The summed E-state index contributed by atoms with van der Waals surface area (Å²) in [5.41, 5.74) is 0. The van der Waals surface area contributed by atoms with Crippen LogP contribution < -0.4 is 5.32 Å². The van der Waals surface area contributed by atoms with E-state index in [0.717, 1.165) is 19.4 Å². The monoisotopic (exact) mass is 314 g/mol. The third-order valence-corrected chi connectivity index (χ3v) is 5.92. The van der Waals surface area contributed by atoms with E-state index in [4.69, 9.17) is 0 Å². The molecule has 3 atom stereocenters. The number of thioether (sulfide) groups is 1. The van der Waals surface area contributed by atoms with Gasteiger partial charge < -0.3 is 15.3 Å². The van der Waals surface area contributed by atoms with Gasteiger partial charge in [0, 0.05) is 18.2 Å². The minimum atomic E-state index is -0.880. The molecule has 3 unspecified atom stereocenters. The molecule has 5 nitrogen and oxygen atoms in total. The van der Waals surface area contributed by atoms with Gasteiger partial charge in [-0.3, -0.25) is 4.79 Å². The summed E-state index contributed by atoms with van der Waals surface area (Å²) in [7, 11) is 0. The Labute approximate surface area is 130 Å². The molecule has 2 rings (SSSR count). The fourth-order valence-electron chi connectivity index (χ4n) is 3.14. The van der Waals surface area contributed by atoms with Crippen LogP contribution >= 0.6 is 11.8 Å². The Morgan fingerprint density at radius 2 is 2.14 bits per heavy atom. The molecule has 6 heteroatoms. The number of hydrogen-bond acceptors (Lipinski definition) is 4. The number of nitrogens with zero attached hydrogens (tertiary/aromatic N) is 1. The van der Waals surface area contributed by atoms with Crippen molar-refractivity contribution in [3.05, 3.63) is 0 Å². The van der Waals surface area contributed by atoms with Crippen LogP contribution in [0, 0.1) is 5.92 Å². The van der Waals surface area contributed by atoms with E-state index >= 15 is 0 Å². The summed E-state index contributed by atoms with van der Waals surface area (Å²) in [6.07, 6.45) is 4.82. The maximum Gasteiger partial charge on any atom is 0.327 e. The zero-order valence-electron chi connectivity index (χ0n) is 12.9. The molecule has 1 amide bonds. The van der Waals surface area contributed by atoms with Crippen molar-refractivity contribution in [3.63, 3.8) is 0 Å². The fourth-order valence-corrected chi connectivity index (χ4v) is 4.64. The highest BCUT2D eigenvalue weighted by Crippen LogP contribution is 2.34. The third kappa shape index (κ3) is 4.13.